The Kier molecular flexibility index (Phi) is 4.22. The molecule has 0 aromatic carbocycles. The van der Waals surface area contributed by atoms with Crippen molar-refractivity contribution in [2.75, 3.05) is 11.1 Å². The Hall–Kier alpha value is -1.27. The molecule has 1 amide bonds. The third-order valence-electron chi connectivity index (χ3n) is 2.12. The SMILES string of the molecule is CCc1cc(NC(=O)CSc2cccs2)n[nH]1. The molecule has 0 saturated carbocycles. The maximum absolute atomic E-state index is 11.6. The third kappa shape index (κ3) is 3.61. The third-order valence-corrected chi connectivity index (χ3v) is 4.25. The zero-order chi connectivity index (χ0) is 12.1. The van der Waals surface area contributed by atoms with E-state index in [1.807, 2.05) is 30.5 Å². The van der Waals surface area contributed by atoms with Crippen molar-refractivity contribution in [3.63, 3.8) is 0 Å². The van der Waals surface area contributed by atoms with Crippen LogP contribution in [0.2, 0.25) is 0 Å². The molecule has 17 heavy (non-hydrogen) atoms. The van der Waals surface area contributed by atoms with Crippen LogP contribution in [0.15, 0.2) is 27.8 Å². The van der Waals surface area contributed by atoms with Crippen molar-refractivity contribution in [1.29, 1.82) is 0 Å². The molecular weight excluding hydrogens is 254 g/mol. The quantitative estimate of drug-likeness (QED) is 0.819. The van der Waals surface area contributed by atoms with Crippen molar-refractivity contribution >= 4 is 34.8 Å². The summed E-state index contributed by atoms with van der Waals surface area (Å²) >= 11 is 3.18. The average Bonchev–Trinajstić information content (AvgIpc) is 2.97. The number of carbonyl (C=O) groups is 1. The lowest BCUT2D eigenvalue weighted by molar-refractivity contribution is -0.113. The van der Waals surface area contributed by atoms with Gasteiger partial charge >= 0.3 is 0 Å². The molecule has 0 bridgehead atoms. The molecule has 4 nitrogen and oxygen atoms in total. The minimum absolute atomic E-state index is 0.0300. The van der Waals surface area contributed by atoms with E-state index in [9.17, 15) is 4.79 Å². The van der Waals surface area contributed by atoms with Crippen LogP contribution in [0.25, 0.3) is 0 Å². The Morgan fingerprint density at radius 1 is 1.65 bits per heavy atom. The summed E-state index contributed by atoms with van der Waals surface area (Å²) < 4.78 is 1.15. The fourth-order valence-corrected chi connectivity index (χ4v) is 2.85. The molecule has 0 unspecified atom stereocenters. The number of H-pyrrole nitrogens is 1. The highest BCUT2D eigenvalue weighted by atomic mass is 32.2. The van der Waals surface area contributed by atoms with Crippen molar-refractivity contribution in [2.45, 2.75) is 17.6 Å². The van der Waals surface area contributed by atoms with E-state index >= 15 is 0 Å². The van der Waals surface area contributed by atoms with Crippen LogP contribution in [0, 0.1) is 0 Å². The second-order valence-electron chi connectivity index (χ2n) is 3.40. The molecule has 0 fully saturated rings. The maximum atomic E-state index is 11.6. The van der Waals surface area contributed by atoms with Gasteiger partial charge < -0.3 is 5.32 Å². The minimum Gasteiger partial charge on any atom is -0.308 e. The van der Waals surface area contributed by atoms with Crippen LogP contribution >= 0.6 is 23.1 Å². The van der Waals surface area contributed by atoms with Gasteiger partial charge in [0.2, 0.25) is 5.91 Å². The molecule has 90 valence electrons. The summed E-state index contributed by atoms with van der Waals surface area (Å²) in [7, 11) is 0. The molecule has 0 atom stereocenters. The summed E-state index contributed by atoms with van der Waals surface area (Å²) in [6, 6.07) is 5.84. The van der Waals surface area contributed by atoms with Gasteiger partial charge in [-0.2, -0.15) is 5.10 Å². The fourth-order valence-electron chi connectivity index (χ4n) is 1.27. The summed E-state index contributed by atoms with van der Waals surface area (Å²) in [5.41, 5.74) is 1.02. The standard InChI is InChI=1S/C11H13N3OS2/c1-2-8-6-9(14-13-8)12-10(15)7-17-11-4-3-5-16-11/h3-6H,2,7H2,1H3,(H2,12,13,14,15). The van der Waals surface area contributed by atoms with Crippen LogP contribution in [0.4, 0.5) is 5.82 Å². The van der Waals surface area contributed by atoms with Crippen LogP contribution in [0.3, 0.4) is 0 Å². The van der Waals surface area contributed by atoms with Crippen LogP contribution in [-0.4, -0.2) is 21.9 Å². The van der Waals surface area contributed by atoms with E-state index in [1.54, 1.807) is 11.3 Å². The summed E-state index contributed by atoms with van der Waals surface area (Å²) in [6.07, 6.45) is 0.882. The van der Waals surface area contributed by atoms with Gasteiger partial charge in [0, 0.05) is 11.8 Å². The molecule has 0 radical (unpaired) electrons. The number of rotatable bonds is 5. The summed E-state index contributed by atoms with van der Waals surface area (Å²) in [4.78, 5) is 11.6. The van der Waals surface area contributed by atoms with Gasteiger partial charge in [0.1, 0.15) is 0 Å². The van der Waals surface area contributed by atoms with E-state index in [0.29, 0.717) is 11.6 Å². The molecule has 6 heteroatoms. The summed E-state index contributed by atoms with van der Waals surface area (Å²) in [5.74, 6) is 0.977. The molecule has 0 spiro atoms. The van der Waals surface area contributed by atoms with E-state index in [-0.39, 0.29) is 5.91 Å². The molecule has 2 aromatic rings. The van der Waals surface area contributed by atoms with Crippen LogP contribution < -0.4 is 5.32 Å². The normalized spacial score (nSPS) is 10.4. The fraction of sp³-hybridized carbons (Fsp3) is 0.273. The van der Waals surface area contributed by atoms with Crippen molar-refractivity contribution < 1.29 is 4.79 Å². The highest BCUT2D eigenvalue weighted by molar-refractivity contribution is 8.01. The number of anilines is 1. The first-order chi connectivity index (χ1) is 8.28. The molecule has 0 saturated heterocycles. The molecule has 0 aliphatic rings. The number of aromatic nitrogens is 2. The lowest BCUT2D eigenvalue weighted by Crippen LogP contribution is -2.14. The number of aryl methyl sites for hydroxylation is 1. The topological polar surface area (TPSA) is 57.8 Å². The van der Waals surface area contributed by atoms with E-state index in [4.69, 9.17) is 0 Å². The lowest BCUT2D eigenvalue weighted by Gasteiger charge is -1.99. The van der Waals surface area contributed by atoms with Crippen LogP contribution in [-0.2, 0) is 11.2 Å². The highest BCUT2D eigenvalue weighted by Gasteiger charge is 2.06. The van der Waals surface area contributed by atoms with Gasteiger partial charge in [0.05, 0.1) is 9.96 Å². The van der Waals surface area contributed by atoms with Crippen molar-refractivity contribution in [1.82, 2.24) is 10.2 Å². The van der Waals surface area contributed by atoms with Gasteiger partial charge in [-0.05, 0) is 17.9 Å². The molecule has 0 aliphatic carbocycles. The zero-order valence-electron chi connectivity index (χ0n) is 9.40. The summed E-state index contributed by atoms with van der Waals surface area (Å²) in [5, 5.41) is 11.6. The van der Waals surface area contributed by atoms with E-state index in [0.717, 1.165) is 16.3 Å². The van der Waals surface area contributed by atoms with Crippen LogP contribution in [0.5, 0.6) is 0 Å². The number of thioether (sulfide) groups is 1. The number of thiophene rings is 1. The van der Waals surface area contributed by atoms with Crippen LogP contribution in [0.1, 0.15) is 12.6 Å². The summed E-state index contributed by atoms with van der Waals surface area (Å²) in [6.45, 7) is 2.03. The molecule has 2 heterocycles. The molecule has 0 aliphatic heterocycles. The van der Waals surface area contributed by atoms with Crippen molar-refractivity contribution in [2.24, 2.45) is 0 Å². The van der Waals surface area contributed by atoms with Gasteiger partial charge in [0.25, 0.3) is 0 Å². The number of amides is 1. The first kappa shape index (κ1) is 12.2. The Morgan fingerprint density at radius 3 is 3.18 bits per heavy atom. The highest BCUT2D eigenvalue weighted by Crippen LogP contribution is 2.23. The maximum Gasteiger partial charge on any atom is 0.235 e. The van der Waals surface area contributed by atoms with Gasteiger partial charge in [0.15, 0.2) is 5.82 Å². The van der Waals surface area contributed by atoms with Gasteiger partial charge in [-0.1, -0.05) is 13.0 Å². The smallest absolute Gasteiger partial charge is 0.235 e. The van der Waals surface area contributed by atoms with E-state index in [1.165, 1.54) is 11.8 Å². The second-order valence-corrected chi connectivity index (χ2v) is 5.62. The average molecular weight is 267 g/mol. The van der Waals surface area contributed by atoms with Gasteiger partial charge in [-0.25, -0.2) is 0 Å². The number of hydrogen-bond acceptors (Lipinski definition) is 4. The number of aromatic amines is 1. The Balaban J connectivity index is 1.81. The predicted octanol–water partition coefficient (Wildman–Crippen LogP) is 2.76. The Labute approximate surface area is 108 Å². The largest absolute Gasteiger partial charge is 0.308 e. The first-order valence-corrected chi connectivity index (χ1v) is 7.15. The number of hydrogen-bond donors (Lipinski definition) is 2. The van der Waals surface area contributed by atoms with Gasteiger partial charge in [-0.15, -0.1) is 23.1 Å². The first-order valence-electron chi connectivity index (χ1n) is 5.28. The zero-order valence-corrected chi connectivity index (χ0v) is 11.0. The number of nitrogens with one attached hydrogen (secondary N) is 2. The molecular formula is C11H13N3OS2. The second kappa shape index (κ2) is 5.88. The Bertz CT molecular complexity index is 479. The Morgan fingerprint density at radius 2 is 2.53 bits per heavy atom. The number of nitrogens with zero attached hydrogens (tertiary/aromatic N) is 1. The molecule has 2 N–H and O–H groups in total. The lowest BCUT2D eigenvalue weighted by atomic mass is 10.3. The van der Waals surface area contributed by atoms with Crippen molar-refractivity contribution in [3.05, 3.63) is 29.3 Å². The van der Waals surface area contributed by atoms with E-state index in [2.05, 4.69) is 15.5 Å². The van der Waals surface area contributed by atoms with E-state index < -0.39 is 0 Å². The molecule has 2 aromatic heterocycles. The number of carbonyl (C=O) groups excluding carboxylic acids is 1. The monoisotopic (exact) mass is 267 g/mol. The van der Waals surface area contributed by atoms with Gasteiger partial charge in [-0.3, -0.25) is 9.89 Å². The minimum atomic E-state index is -0.0300. The predicted molar refractivity (Wildman–Crippen MR) is 71.6 cm³/mol. The van der Waals surface area contributed by atoms with Crippen molar-refractivity contribution in [3.8, 4) is 0 Å². The molecule has 2 rings (SSSR count).